The molecule has 1 aliphatic heterocycles. The second kappa shape index (κ2) is 13.6. The molecule has 4 amide bonds. The maximum Gasteiger partial charge on any atom is 0.478 e. The zero-order valence-electron chi connectivity index (χ0n) is 27.7. The SMILES string of the molecule is CC(C)[C@@H](C(=O)N[C@@H](Cc1ccccc1)C(=O)N[C@@H](C)C(=O)NCB1O[C@@H]2C[C@@H]3C[C@@H](C3(C)C)[C@]2(C)O1)N(C=O)c1ccccc1. The summed E-state index contributed by atoms with van der Waals surface area (Å²) in [5.41, 5.74) is 1.26. The first-order valence-electron chi connectivity index (χ1n) is 16.4. The Kier molecular flexibility index (Phi) is 9.93. The molecule has 4 fully saturated rings. The first-order chi connectivity index (χ1) is 21.8. The Labute approximate surface area is 272 Å². The predicted octanol–water partition coefficient (Wildman–Crippen LogP) is 3.29. The molecule has 6 rings (SSSR count). The third-order valence-electron chi connectivity index (χ3n) is 10.5. The Morgan fingerprint density at radius 1 is 0.935 bits per heavy atom. The molecular formula is C35H47BN4O6. The van der Waals surface area contributed by atoms with Gasteiger partial charge in [-0.25, -0.2) is 0 Å². The molecule has 1 saturated heterocycles. The van der Waals surface area contributed by atoms with Gasteiger partial charge in [0.05, 0.1) is 18.1 Å². The van der Waals surface area contributed by atoms with Crippen molar-refractivity contribution in [1.29, 1.82) is 0 Å². The van der Waals surface area contributed by atoms with E-state index in [2.05, 4.69) is 36.7 Å². The van der Waals surface area contributed by atoms with Crippen molar-refractivity contribution in [3.05, 3.63) is 66.2 Å². The molecule has 7 atom stereocenters. The van der Waals surface area contributed by atoms with E-state index in [4.69, 9.17) is 9.31 Å². The maximum atomic E-state index is 13.7. The number of hydrogen-bond acceptors (Lipinski definition) is 6. The molecule has 0 aromatic heterocycles. The Morgan fingerprint density at radius 3 is 2.20 bits per heavy atom. The molecule has 2 bridgehead atoms. The highest BCUT2D eigenvalue weighted by Gasteiger charge is 2.67. The van der Waals surface area contributed by atoms with Crippen molar-refractivity contribution in [2.45, 2.75) is 90.6 Å². The van der Waals surface area contributed by atoms with Gasteiger partial charge in [-0.15, -0.1) is 0 Å². The topological polar surface area (TPSA) is 126 Å². The smallest absolute Gasteiger partial charge is 0.404 e. The van der Waals surface area contributed by atoms with Crippen molar-refractivity contribution < 1.29 is 28.5 Å². The van der Waals surface area contributed by atoms with E-state index in [0.717, 1.165) is 18.4 Å². The van der Waals surface area contributed by atoms with Gasteiger partial charge in [-0.2, -0.15) is 0 Å². The van der Waals surface area contributed by atoms with Crippen LogP contribution in [0.3, 0.4) is 0 Å². The maximum absolute atomic E-state index is 13.7. The summed E-state index contributed by atoms with van der Waals surface area (Å²) >= 11 is 0. The van der Waals surface area contributed by atoms with E-state index in [0.29, 0.717) is 23.9 Å². The molecule has 0 unspecified atom stereocenters. The summed E-state index contributed by atoms with van der Waals surface area (Å²) in [4.78, 5) is 54.1. The van der Waals surface area contributed by atoms with Gasteiger partial charge in [0.25, 0.3) is 0 Å². The average molecular weight is 631 g/mol. The molecule has 3 saturated carbocycles. The van der Waals surface area contributed by atoms with Gasteiger partial charge >= 0.3 is 7.12 Å². The number of para-hydroxylation sites is 1. The number of hydrogen-bond donors (Lipinski definition) is 3. The van der Waals surface area contributed by atoms with Crippen LogP contribution in [0.15, 0.2) is 60.7 Å². The van der Waals surface area contributed by atoms with Gasteiger partial charge in [-0.3, -0.25) is 19.2 Å². The first-order valence-corrected chi connectivity index (χ1v) is 16.4. The van der Waals surface area contributed by atoms with Crippen LogP contribution in [0.25, 0.3) is 0 Å². The Morgan fingerprint density at radius 2 is 1.59 bits per heavy atom. The van der Waals surface area contributed by atoms with Crippen molar-refractivity contribution in [3.8, 4) is 0 Å². The van der Waals surface area contributed by atoms with Crippen LogP contribution in [0.1, 0.15) is 59.9 Å². The minimum Gasteiger partial charge on any atom is -0.404 e. The fourth-order valence-electron chi connectivity index (χ4n) is 7.71. The van der Waals surface area contributed by atoms with Gasteiger partial charge < -0.3 is 30.2 Å². The fourth-order valence-corrected chi connectivity index (χ4v) is 7.71. The molecule has 0 radical (unpaired) electrons. The minimum atomic E-state index is -0.991. The summed E-state index contributed by atoms with van der Waals surface area (Å²) in [7, 11) is -0.555. The Balaban J connectivity index is 1.22. The Hall–Kier alpha value is -3.70. The Bertz CT molecular complexity index is 1410. The van der Waals surface area contributed by atoms with E-state index in [1.165, 1.54) is 4.90 Å². The van der Waals surface area contributed by atoms with Crippen LogP contribution in [0.4, 0.5) is 5.69 Å². The summed E-state index contributed by atoms with van der Waals surface area (Å²) < 4.78 is 12.6. The summed E-state index contributed by atoms with van der Waals surface area (Å²) in [5, 5.41) is 8.52. The predicted molar refractivity (Wildman–Crippen MR) is 176 cm³/mol. The van der Waals surface area contributed by atoms with Crippen LogP contribution < -0.4 is 20.9 Å². The summed E-state index contributed by atoms with van der Waals surface area (Å²) in [5.74, 6) is -0.562. The van der Waals surface area contributed by atoms with E-state index in [9.17, 15) is 19.2 Å². The lowest BCUT2D eigenvalue weighted by Gasteiger charge is -2.64. The lowest BCUT2D eigenvalue weighted by atomic mass is 9.43. The van der Waals surface area contributed by atoms with Gasteiger partial charge in [0, 0.05) is 12.1 Å². The molecule has 46 heavy (non-hydrogen) atoms. The second-order valence-electron chi connectivity index (χ2n) is 14.2. The van der Waals surface area contributed by atoms with Crippen LogP contribution in [0.5, 0.6) is 0 Å². The molecule has 2 aromatic carbocycles. The zero-order valence-corrected chi connectivity index (χ0v) is 27.7. The highest BCUT2D eigenvalue weighted by Crippen LogP contribution is 2.65. The van der Waals surface area contributed by atoms with Gasteiger partial charge in [-0.05, 0) is 67.6 Å². The number of carbonyl (C=O) groups excluding carboxylic acids is 4. The van der Waals surface area contributed by atoms with Crippen molar-refractivity contribution in [3.63, 3.8) is 0 Å². The summed E-state index contributed by atoms with van der Waals surface area (Å²) in [6, 6.07) is 15.5. The lowest BCUT2D eigenvalue weighted by molar-refractivity contribution is -0.199. The molecule has 11 heteroatoms. The zero-order chi connectivity index (χ0) is 33.2. The molecule has 3 aliphatic carbocycles. The summed E-state index contributed by atoms with van der Waals surface area (Å²) in [6.07, 6.45) is 3.12. The molecule has 2 aromatic rings. The largest absolute Gasteiger partial charge is 0.478 e. The first kappa shape index (κ1) is 33.7. The number of rotatable bonds is 13. The van der Waals surface area contributed by atoms with Crippen LogP contribution >= 0.6 is 0 Å². The van der Waals surface area contributed by atoms with Crippen LogP contribution in [0.2, 0.25) is 0 Å². The molecule has 3 N–H and O–H groups in total. The highest BCUT2D eigenvalue weighted by atomic mass is 16.7. The van der Waals surface area contributed by atoms with Crippen LogP contribution in [0, 0.1) is 23.2 Å². The standard InChI is InChI=1S/C35H47BN4O6/c1-22(2)30(40(21-41)26-15-11-8-12-16-26)33(44)39-27(17-24-13-9-7-10-14-24)32(43)38-23(3)31(42)37-20-36-45-29-19-25-18-28(34(25,4)5)35(29,6)46-36/h7-16,21-23,25,27-30H,17-20H2,1-6H3,(H,37,42)(H,38,43)(H,39,44)/t23-,25-,27-,28-,29+,30-,35-/m0/s1. The van der Waals surface area contributed by atoms with E-state index in [-0.39, 0.29) is 41.8 Å². The van der Waals surface area contributed by atoms with Crippen molar-refractivity contribution in [1.82, 2.24) is 16.0 Å². The molecule has 10 nitrogen and oxygen atoms in total. The number of carbonyl (C=O) groups is 4. The van der Waals surface area contributed by atoms with E-state index in [1.54, 1.807) is 31.2 Å². The molecular weight excluding hydrogens is 583 g/mol. The van der Waals surface area contributed by atoms with E-state index < -0.39 is 37.1 Å². The lowest BCUT2D eigenvalue weighted by Crippen LogP contribution is -2.65. The van der Waals surface area contributed by atoms with Gasteiger partial charge in [-0.1, -0.05) is 76.2 Å². The molecule has 4 aliphatic rings. The number of nitrogens with one attached hydrogen (secondary N) is 3. The van der Waals surface area contributed by atoms with Crippen LogP contribution in [-0.2, 0) is 34.9 Å². The summed E-state index contributed by atoms with van der Waals surface area (Å²) in [6.45, 7) is 12.0. The fraction of sp³-hybridized carbons (Fsp3) is 0.543. The monoisotopic (exact) mass is 630 g/mol. The normalized spacial score (nSPS) is 26.2. The second-order valence-corrected chi connectivity index (χ2v) is 14.2. The van der Waals surface area contributed by atoms with Gasteiger partial charge in [0.15, 0.2) is 0 Å². The van der Waals surface area contributed by atoms with Crippen molar-refractivity contribution in [2.24, 2.45) is 23.2 Å². The minimum absolute atomic E-state index is 0.0114. The number of benzene rings is 2. The molecule has 1 heterocycles. The molecule has 246 valence electrons. The number of anilines is 1. The highest BCUT2D eigenvalue weighted by molar-refractivity contribution is 6.46. The van der Waals surface area contributed by atoms with Crippen molar-refractivity contribution >= 4 is 36.9 Å². The third-order valence-corrected chi connectivity index (χ3v) is 10.5. The third kappa shape index (κ3) is 6.71. The number of nitrogens with zero attached hydrogens (tertiary/aromatic N) is 1. The van der Waals surface area contributed by atoms with E-state index >= 15 is 0 Å². The van der Waals surface area contributed by atoms with Gasteiger partial charge in [0.2, 0.25) is 24.1 Å². The quantitative estimate of drug-likeness (QED) is 0.231. The van der Waals surface area contributed by atoms with Gasteiger partial charge in [0.1, 0.15) is 18.1 Å². The number of amides is 4. The molecule has 0 spiro atoms. The average Bonchev–Trinajstić information content (AvgIpc) is 3.38. The van der Waals surface area contributed by atoms with E-state index in [1.807, 2.05) is 50.2 Å². The van der Waals surface area contributed by atoms with Crippen molar-refractivity contribution in [2.75, 3.05) is 11.3 Å². The van der Waals surface area contributed by atoms with Crippen LogP contribution in [-0.4, -0.2) is 67.5 Å².